The van der Waals surface area contributed by atoms with Crippen LogP contribution in [0, 0.1) is 6.92 Å². The van der Waals surface area contributed by atoms with Crippen LogP contribution in [0.5, 0.6) is 0 Å². The maximum absolute atomic E-state index is 12.0. The van der Waals surface area contributed by atoms with Crippen LogP contribution < -0.4 is 10.5 Å². The molecule has 0 atom stereocenters. The summed E-state index contributed by atoms with van der Waals surface area (Å²) in [6.45, 7) is 2.42. The van der Waals surface area contributed by atoms with Crippen molar-refractivity contribution in [2.75, 3.05) is 12.3 Å². The maximum atomic E-state index is 12.0. The Hall–Kier alpha value is -1.85. The molecule has 112 valence electrons. The van der Waals surface area contributed by atoms with Crippen molar-refractivity contribution < 1.29 is 8.42 Å². The number of hydrogen-bond donors (Lipinski definition) is 2. The van der Waals surface area contributed by atoms with Gasteiger partial charge in [-0.1, -0.05) is 36.4 Å². The van der Waals surface area contributed by atoms with E-state index in [1.54, 1.807) is 24.3 Å². The van der Waals surface area contributed by atoms with Gasteiger partial charge in [0.2, 0.25) is 10.0 Å². The topological polar surface area (TPSA) is 72.2 Å². The van der Waals surface area contributed by atoms with E-state index in [4.69, 9.17) is 5.73 Å². The third-order valence-electron chi connectivity index (χ3n) is 3.29. The summed E-state index contributed by atoms with van der Waals surface area (Å²) in [4.78, 5) is 0. The molecule has 0 fully saturated rings. The number of nitrogens with two attached hydrogens (primary N) is 1. The van der Waals surface area contributed by atoms with Crippen molar-refractivity contribution in [3.63, 3.8) is 0 Å². The first-order valence-electron chi connectivity index (χ1n) is 6.82. The SMILES string of the molecule is Cc1ccccc1CCNS(=O)(=O)Cc1cccc(N)c1. The van der Waals surface area contributed by atoms with Crippen molar-refractivity contribution in [3.05, 3.63) is 65.2 Å². The number of hydrogen-bond acceptors (Lipinski definition) is 3. The van der Waals surface area contributed by atoms with E-state index in [9.17, 15) is 8.42 Å². The van der Waals surface area contributed by atoms with Crippen molar-refractivity contribution in [2.24, 2.45) is 0 Å². The van der Waals surface area contributed by atoms with Gasteiger partial charge in [-0.2, -0.15) is 0 Å². The van der Waals surface area contributed by atoms with E-state index in [1.807, 2.05) is 31.2 Å². The molecule has 0 aliphatic heterocycles. The molecule has 3 N–H and O–H groups in total. The predicted molar refractivity (Wildman–Crippen MR) is 86.4 cm³/mol. The molecule has 0 heterocycles. The van der Waals surface area contributed by atoms with Crippen LogP contribution in [-0.4, -0.2) is 15.0 Å². The molecule has 4 nitrogen and oxygen atoms in total. The monoisotopic (exact) mass is 304 g/mol. The van der Waals surface area contributed by atoms with E-state index < -0.39 is 10.0 Å². The number of nitrogens with one attached hydrogen (secondary N) is 1. The number of sulfonamides is 1. The smallest absolute Gasteiger partial charge is 0.215 e. The first-order chi connectivity index (χ1) is 9.96. The number of anilines is 1. The van der Waals surface area contributed by atoms with Gasteiger partial charge in [0, 0.05) is 12.2 Å². The van der Waals surface area contributed by atoms with Crippen LogP contribution in [0.15, 0.2) is 48.5 Å². The minimum Gasteiger partial charge on any atom is -0.399 e. The van der Waals surface area contributed by atoms with Crippen molar-refractivity contribution in [1.82, 2.24) is 4.72 Å². The summed E-state index contributed by atoms with van der Waals surface area (Å²) in [6, 6.07) is 14.9. The van der Waals surface area contributed by atoms with Crippen LogP contribution in [0.4, 0.5) is 5.69 Å². The lowest BCUT2D eigenvalue weighted by Gasteiger charge is -2.09. The maximum Gasteiger partial charge on any atom is 0.215 e. The van der Waals surface area contributed by atoms with E-state index in [0.717, 1.165) is 5.56 Å². The van der Waals surface area contributed by atoms with Crippen molar-refractivity contribution in [2.45, 2.75) is 19.1 Å². The van der Waals surface area contributed by atoms with Crippen molar-refractivity contribution >= 4 is 15.7 Å². The summed E-state index contributed by atoms with van der Waals surface area (Å²) in [6.07, 6.45) is 0.683. The molecule has 0 bridgehead atoms. The molecule has 0 radical (unpaired) electrons. The molecule has 0 saturated heterocycles. The van der Waals surface area contributed by atoms with Gasteiger partial charge in [-0.15, -0.1) is 0 Å². The molecule has 21 heavy (non-hydrogen) atoms. The van der Waals surface area contributed by atoms with E-state index >= 15 is 0 Å². The average Bonchev–Trinajstić information content (AvgIpc) is 2.40. The number of rotatable bonds is 6. The molecule has 0 unspecified atom stereocenters. The third kappa shape index (κ3) is 4.88. The zero-order valence-corrected chi connectivity index (χ0v) is 12.9. The first kappa shape index (κ1) is 15.5. The Morgan fingerprint density at radius 2 is 1.86 bits per heavy atom. The van der Waals surface area contributed by atoms with Gasteiger partial charge >= 0.3 is 0 Å². The standard InChI is InChI=1S/C16H20N2O2S/c1-13-5-2-3-7-15(13)9-10-18-21(19,20)12-14-6-4-8-16(17)11-14/h2-8,11,18H,9-10,12,17H2,1H3. The van der Waals surface area contributed by atoms with Crippen LogP contribution in [-0.2, 0) is 22.2 Å². The van der Waals surface area contributed by atoms with Crippen LogP contribution >= 0.6 is 0 Å². The summed E-state index contributed by atoms with van der Waals surface area (Å²) >= 11 is 0. The Balaban J connectivity index is 1.91. The van der Waals surface area contributed by atoms with Crippen LogP contribution in [0.25, 0.3) is 0 Å². The predicted octanol–water partition coefficient (Wildman–Crippen LogP) is 2.24. The van der Waals surface area contributed by atoms with Gasteiger partial charge in [-0.05, 0) is 42.2 Å². The molecule has 0 aliphatic rings. The Labute approximate surface area is 126 Å². The van der Waals surface area contributed by atoms with Gasteiger partial charge < -0.3 is 5.73 Å². The molecule has 0 saturated carbocycles. The van der Waals surface area contributed by atoms with Gasteiger partial charge in [-0.3, -0.25) is 0 Å². The second-order valence-corrected chi connectivity index (χ2v) is 6.88. The zero-order valence-electron chi connectivity index (χ0n) is 12.0. The fraction of sp³-hybridized carbons (Fsp3) is 0.250. The molecule has 0 aliphatic carbocycles. The van der Waals surface area contributed by atoms with E-state index in [-0.39, 0.29) is 5.75 Å². The van der Waals surface area contributed by atoms with Crippen molar-refractivity contribution in [1.29, 1.82) is 0 Å². The Bertz CT molecular complexity index is 712. The lowest BCUT2D eigenvalue weighted by Crippen LogP contribution is -2.27. The molecular formula is C16H20N2O2S. The van der Waals surface area contributed by atoms with Crippen LogP contribution in [0.1, 0.15) is 16.7 Å². The minimum absolute atomic E-state index is 0.0498. The van der Waals surface area contributed by atoms with Gasteiger partial charge in [0.1, 0.15) is 0 Å². The summed E-state index contributed by atoms with van der Waals surface area (Å²) in [5.41, 5.74) is 9.25. The molecule has 0 aromatic heterocycles. The highest BCUT2D eigenvalue weighted by molar-refractivity contribution is 7.88. The molecule has 0 spiro atoms. The largest absolute Gasteiger partial charge is 0.399 e. The normalized spacial score (nSPS) is 11.5. The number of nitrogen functional groups attached to an aromatic ring is 1. The lowest BCUT2D eigenvalue weighted by atomic mass is 10.1. The Morgan fingerprint density at radius 3 is 2.57 bits per heavy atom. The van der Waals surface area contributed by atoms with Gasteiger partial charge in [0.25, 0.3) is 0 Å². The van der Waals surface area contributed by atoms with Crippen LogP contribution in [0.3, 0.4) is 0 Å². The summed E-state index contributed by atoms with van der Waals surface area (Å²) < 4.78 is 26.7. The molecule has 0 amide bonds. The highest BCUT2D eigenvalue weighted by atomic mass is 32.2. The summed E-state index contributed by atoms with van der Waals surface area (Å²) in [5.74, 6) is -0.0498. The number of benzene rings is 2. The number of aryl methyl sites for hydroxylation is 1. The lowest BCUT2D eigenvalue weighted by molar-refractivity contribution is 0.580. The second-order valence-electron chi connectivity index (χ2n) is 5.07. The Kier molecular flexibility index (Phi) is 4.98. The highest BCUT2D eigenvalue weighted by Crippen LogP contribution is 2.10. The Morgan fingerprint density at radius 1 is 1.10 bits per heavy atom. The fourth-order valence-electron chi connectivity index (χ4n) is 2.19. The molecule has 2 aromatic rings. The van der Waals surface area contributed by atoms with Crippen molar-refractivity contribution in [3.8, 4) is 0 Å². The third-order valence-corrected chi connectivity index (χ3v) is 4.64. The van der Waals surface area contributed by atoms with E-state index in [2.05, 4.69) is 4.72 Å². The van der Waals surface area contributed by atoms with Gasteiger partial charge in [0.15, 0.2) is 0 Å². The average molecular weight is 304 g/mol. The second kappa shape index (κ2) is 6.74. The fourth-order valence-corrected chi connectivity index (χ4v) is 3.32. The summed E-state index contributed by atoms with van der Waals surface area (Å²) in [5, 5.41) is 0. The quantitative estimate of drug-likeness (QED) is 0.804. The van der Waals surface area contributed by atoms with Gasteiger partial charge in [0.05, 0.1) is 5.75 Å². The molecular weight excluding hydrogens is 284 g/mol. The highest BCUT2D eigenvalue weighted by Gasteiger charge is 2.11. The van der Waals surface area contributed by atoms with E-state index in [0.29, 0.717) is 24.2 Å². The minimum atomic E-state index is -3.34. The molecule has 2 rings (SSSR count). The zero-order chi connectivity index (χ0) is 15.3. The molecule has 5 heteroatoms. The van der Waals surface area contributed by atoms with Gasteiger partial charge in [-0.25, -0.2) is 13.1 Å². The first-order valence-corrected chi connectivity index (χ1v) is 8.48. The van der Waals surface area contributed by atoms with Crippen LogP contribution in [0.2, 0.25) is 0 Å². The summed E-state index contributed by atoms with van der Waals surface area (Å²) in [7, 11) is -3.34. The molecule has 2 aromatic carbocycles. The van der Waals surface area contributed by atoms with E-state index in [1.165, 1.54) is 5.56 Å².